The monoisotopic (exact) mass is 226 g/mol. The van der Waals surface area contributed by atoms with Crippen LogP contribution in [0.25, 0.3) is 0 Å². The second kappa shape index (κ2) is 3.54. The van der Waals surface area contributed by atoms with Crippen LogP contribution in [0.2, 0.25) is 0 Å². The van der Waals surface area contributed by atoms with Crippen LogP contribution in [0.4, 0.5) is 0 Å². The summed E-state index contributed by atoms with van der Waals surface area (Å²) in [5.74, 6) is 0. The topological polar surface area (TPSA) is 24.9 Å². The predicted octanol–water partition coefficient (Wildman–Crippen LogP) is 2.27. The Balaban J connectivity index is 2.21. The van der Waals surface area contributed by atoms with E-state index >= 15 is 0 Å². The van der Waals surface area contributed by atoms with E-state index in [1.54, 1.807) is 0 Å². The fraction of sp³-hybridized carbons (Fsp3) is 0.444. The number of hydrogen-bond acceptors (Lipinski definition) is 2. The van der Waals surface area contributed by atoms with Crippen molar-refractivity contribution >= 4 is 15.9 Å². The molecule has 2 nitrogen and oxygen atoms in total. The van der Waals surface area contributed by atoms with Crippen LogP contribution in [-0.4, -0.2) is 11.5 Å². The van der Waals surface area contributed by atoms with E-state index in [1.807, 2.05) is 6.20 Å². The summed E-state index contributed by atoms with van der Waals surface area (Å²) in [5, 5.41) is 3.45. The van der Waals surface area contributed by atoms with E-state index in [-0.39, 0.29) is 0 Å². The predicted molar refractivity (Wildman–Crippen MR) is 51.9 cm³/mol. The van der Waals surface area contributed by atoms with E-state index < -0.39 is 0 Å². The molecule has 0 bridgehead atoms. The molecule has 1 fully saturated rings. The van der Waals surface area contributed by atoms with Crippen LogP contribution >= 0.6 is 15.9 Å². The second-order valence-electron chi connectivity index (χ2n) is 3.06. The molecule has 1 aromatic rings. The lowest BCUT2D eigenvalue weighted by Gasteiger charge is -2.09. The Bertz CT molecular complexity index is 269. The molecule has 12 heavy (non-hydrogen) atoms. The van der Waals surface area contributed by atoms with Gasteiger partial charge in [0.2, 0.25) is 0 Å². The van der Waals surface area contributed by atoms with Gasteiger partial charge in [0.25, 0.3) is 0 Å². The molecule has 1 aliphatic heterocycles. The third kappa shape index (κ3) is 1.67. The molecule has 1 saturated heterocycles. The van der Waals surface area contributed by atoms with E-state index in [2.05, 4.69) is 38.4 Å². The van der Waals surface area contributed by atoms with E-state index in [0.29, 0.717) is 6.04 Å². The van der Waals surface area contributed by atoms with Crippen molar-refractivity contribution in [2.75, 3.05) is 6.54 Å². The van der Waals surface area contributed by atoms with Crippen LogP contribution in [0.5, 0.6) is 0 Å². The molecule has 64 valence electrons. The Hall–Kier alpha value is -0.410. The maximum Gasteiger partial charge on any atom is 0.106 e. The van der Waals surface area contributed by atoms with Crippen molar-refractivity contribution in [1.29, 1.82) is 0 Å². The standard InChI is InChI=1S/C9H11BrN2/c10-9-6-7(3-5-12-9)8-2-1-4-11-8/h3,5-6,8,11H,1-2,4H2/t8-/m0/s1. The minimum absolute atomic E-state index is 0.546. The van der Waals surface area contributed by atoms with E-state index in [0.717, 1.165) is 11.1 Å². The van der Waals surface area contributed by atoms with Gasteiger partial charge >= 0.3 is 0 Å². The summed E-state index contributed by atoms with van der Waals surface area (Å²) in [5.41, 5.74) is 1.34. The van der Waals surface area contributed by atoms with Gasteiger partial charge in [-0.05, 0) is 53.0 Å². The lowest BCUT2D eigenvalue weighted by atomic mass is 10.1. The molecule has 0 unspecified atom stereocenters. The summed E-state index contributed by atoms with van der Waals surface area (Å²) in [4.78, 5) is 4.10. The Morgan fingerprint density at radius 2 is 2.50 bits per heavy atom. The molecule has 0 aliphatic carbocycles. The van der Waals surface area contributed by atoms with Gasteiger partial charge in [0.05, 0.1) is 0 Å². The molecule has 0 aromatic carbocycles. The van der Waals surface area contributed by atoms with Gasteiger partial charge in [0, 0.05) is 12.2 Å². The Morgan fingerprint density at radius 1 is 1.58 bits per heavy atom. The number of rotatable bonds is 1. The first kappa shape index (κ1) is 8.20. The van der Waals surface area contributed by atoms with Crippen molar-refractivity contribution < 1.29 is 0 Å². The van der Waals surface area contributed by atoms with Gasteiger partial charge in [-0.15, -0.1) is 0 Å². The number of pyridine rings is 1. The minimum Gasteiger partial charge on any atom is -0.310 e. The lowest BCUT2D eigenvalue weighted by molar-refractivity contribution is 0.646. The molecule has 1 aromatic heterocycles. The molecular weight excluding hydrogens is 216 g/mol. The number of nitrogens with one attached hydrogen (secondary N) is 1. The molecule has 1 aliphatic rings. The van der Waals surface area contributed by atoms with Crippen LogP contribution in [0.15, 0.2) is 22.9 Å². The maximum absolute atomic E-state index is 4.10. The van der Waals surface area contributed by atoms with Crippen LogP contribution in [-0.2, 0) is 0 Å². The average molecular weight is 227 g/mol. The van der Waals surface area contributed by atoms with Crippen molar-refractivity contribution in [3.05, 3.63) is 28.5 Å². The van der Waals surface area contributed by atoms with Gasteiger partial charge in [-0.3, -0.25) is 0 Å². The van der Waals surface area contributed by atoms with E-state index in [9.17, 15) is 0 Å². The zero-order valence-corrected chi connectivity index (χ0v) is 8.34. The number of hydrogen-bond donors (Lipinski definition) is 1. The van der Waals surface area contributed by atoms with Crippen molar-refractivity contribution in [2.24, 2.45) is 0 Å². The van der Waals surface area contributed by atoms with Crippen LogP contribution in [0.1, 0.15) is 24.4 Å². The molecule has 0 radical (unpaired) electrons. The Kier molecular flexibility index (Phi) is 2.42. The summed E-state index contributed by atoms with van der Waals surface area (Å²) in [6.07, 6.45) is 4.38. The molecule has 2 rings (SSSR count). The van der Waals surface area contributed by atoms with Crippen molar-refractivity contribution in [3.63, 3.8) is 0 Å². The van der Waals surface area contributed by atoms with Crippen molar-refractivity contribution in [1.82, 2.24) is 10.3 Å². The molecule has 2 heterocycles. The Labute approximate surface area is 80.5 Å². The summed E-state index contributed by atoms with van der Waals surface area (Å²) < 4.78 is 0.925. The molecule has 0 saturated carbocycles. The van der Waals surface area contributed by atoms with Gasteiger partial charge in [0.15, 0.2) is 0 Å². The number of aromatic nitrogens is 1. The van der Waals surface area contributed by atoms with Crippen LogP contribution < -0.4 is 5.32 Å². The van der Waals surface area contributed by atoms with E-state index in [1.165, 1.54) is 18.4 Å². The third-order valence-electron chi connectivity index (χ3n) is 2.21. The van der Waals surface area contributed by atoms with Gasteiger partial charge in [-0.25, -0.2) is 4.98 Å². The molecule has 3 heteroatoms. The van der Waals surface area contributed by atoms with E-state index in [4.69, 9.17) is 0 Å². The fourth-order valence-electron chi connectivity index (χ4n) is 1.60. The van der Waals surface area contributed by atoms with Crippen LogP contribution in [0.3, 0.4) is 0 Å². The third-order valence-corrected chi connectivity index (χ3v) is 2.65. The highest BCUT2D eigenvalue weighted by Gasteiger charge is 2.15. The normalized spacial score (nSPS) is 22.9. The number of nitrogens with zero attached hydrogens (tertiary/aromatic N) is 1. The second-order valence-corrected chi connectivity index (χ2v) is 3.87. The first-order valence-electron chi connectivity index (χ1n) is 4.21. The van der Waals surface area contributed by atoms with Crippen LogP contribution in [0, 0.1) is 0 Å². The molecule has 0 spiro atoms. The quantitative estimate of drug-likeness (QED) is 0.744. The largest absolute Gasteiger partial charge is 0.310 e. The highest BCUT2D eigenvalue weighted by Crippen LogP contribution is 2.23. The summed E-state index contributed by atoms with van der Waals surface area (Å²) in [6.45, 7) is 1.14. The first-order chi connectivity index (χ1) is 5.86. The maximum atomic E-state index is 4.10. The highest BCUT2D eigenvalue weighted by molar-refractivity contribution is 9.10. The summed E-state index contributed by atoms with van der Waals surface area (Å²) in [7, 11) is 0. The number of halogens is 1. The SMILES string of the molecule is Brc1cc([C@@H]2CCCN2)ccn1. The lowest BCUT2D eigenvalue weighted by Crippen LogP contribution is -2.12. The fourth-order valence-corrected chi connectivity index (χ4v) is 1.99. The minimum atomic E-state index is 0.546. The molecule has 0 amide bonds. The Morgan fingerprint density at radius 3 is 3.17 bits per heavy atom. The van der Waals surface area contributed by atoms with Gasteiger partial charge in [0.1, 0.15) is 4.60 Å². The average Bonchev–Trinajstić information content (AvgIpc) is 2.56. The summed E-state index contributed by atoms with van der Waals surface area (Å²) >= 11 is 3.37. The molecular formula is C9H11BrN2. The molecule has 1 N–H and O–H groups in total. The molecule has 1 atom stereocenters. The van der Waals surface area contributed by atoms with Gasteiger partial charge < -0.3 is 5.32 Å². The smallest absolute Gasteiger partial charge is 0.106 e. The highest BCUT2D eigenvalue weighted by atomic mass is 79.9. The first-order valence-corrected chi connectivity index (χ1v) is 5.00. The van der Waals surface area contributed by atoms with Crippen molar-refractivity contribution in [2.45, 2.75) is 18.9 Å². The zero-order valence-electron chi connectivity index (χ0n) is 6.76. The van der Waals surface area contributed by atoms with Crippen molar-refractivity contribution in [3.8, 4) is 0 Å². The zero-order chi connectivity index (χ0) is 8.39. The summed E-state index contributed by atoms with van der Waals surface area (Å²) in [6, 6.07) is 4.71. The van der Waals surface area contributed by atoms with Gasteiger partial charge in [-0.1, -0.05) is 0 Å². The van der Waals surface area contributed by atoms with Gasteiger partial charge in [-0.2, -0.15) is 0 Å².